The Hall–Kier alpha value is -11.4. The number of aromatic nitrogens is 10. The van der Waals surface area contributed by atoms with Crippen LogP contribution < -0.4 is 31.9 Å². The van der Waals surface area contributed by atoms with E-state index in [1.165, 1.54) is 29.1 Å². The van der Waals surface area contributed by atoms with Gasteiger partial charge in [-0.1, -0.05) is 75.4 Å². The van der Waals surface area contributed by atoms with Gasteiger partial charge in [0.15, 0.2) is 11.4 Å². The third-order valence-electron chi connectivity index (χ3n) is 25.8. The van der Waals surface area contributed by atoms with Gasteiger partial charge in [-0.05, 0) is 149 Å². The molecule has 11 heterocycles. The molecule has 6 aliphatic rings. The number of carbonyl (C=O) groups is 8. The summed E-state index contributed by atoms with van der Waals surface area (Å²) in [6, 6.07) is 9.22. The molecule has 1 aromatic carbocycles. The smallest absolute Gasteiger partial charge is 0.407 e. The van der Waals surface area contributed by atoms with Gasteiger partial charge in [0, 0.05) is 145 Å². The van der Waals surface area contributed by atoms with Crippen molar-refractivity contribution in [3.8, 4) is 11.3 Å². The van der Waals surface area contributed by atoms with Crippen LogP contribution in [0.1, 0.15) is 164 Å². The van der Waals surface area contributed by atoms with Gasteiger partial charge in [-0.15, -0.1) is 0 Å². The van der Waals surface area contributed by atoms with Crippen LogP contribution in [0, 0.1) is 23.7 Å². The molecule has 6 aromatic heterocycles. The first kappa shape index (κ1) is 99.1. The molecule has 2 unspecified atom stereocenters. The summed E-state index contributed by atoms with van der Waals surface area (Å²) in [7, 11) is 3.16. The second-order valence-electron chi connectivity index (χ2n) is 35.4. The number of carbonyl (C=O) groups excluding carboxylic acids is 8. The van der Waals surface area contributed by atoms with Crippen molar-refractivity contribution in [2.75, 3.05) is 134 Å². The number of H-pyrrole nitrogens is 1. The lowest BCUT2D eigenvalue weighted by Gasteiger charge is -2.37. The van der Waals surface area contributed by atoms with Gasteiger partial charge in [0.1, 0.15) is 71.6 Å². The fourth-order valence-corrected chi connectivity index (χ4v) is 18.1. The Bertz CT molecular complexity index is 5270. The number of ketones is 3. The zero-order valence-corrected chi connectivity index (χ0v) is 77.2. The SMILES string of the molecule is CO[C@H]1CC2CCCC(O2)C(=O)C(=O)N2CCCC[C@H]2C(=O)O[C@H](CC[C@@H]2CC[C@@H](OC(=O)NCc3cnc(N4CCN(c5ncc(C(=O)NCCOCCOCCOCCOCCC(=O)N6CCc7cc(Cn8nc(-c9cnc%10[nH]ccc%10c9)c9c(N)ncnc98)ccc7C6)c(N)n5)CC4)nc3)[C@H](OC)C2)CC(=O)[C@H](C)/C=C(\C)[C@@H](O)[C@@H](O)C(=O)[C@H](C)C[C@H](C)/C=C/C=CC=C1C. The Morgan fingerprint density at radius 1 is 0.677 bits per heavy atom. The summed E-state index contributed by atoms with van der Waals surface area (Å²) in [6.45, 7) is 15.5. The minimum absolute atomic E-state index is 0.0115. The van der Waals surface area contributed by atoms with Crippen molar-refractivity contribution >= 4 is 92.7 Å². The lowest BCUT2D eigenvalue weighted by Crippen LogP contribution is -2.54. The second kappa shape index (κ2) is 48.5. The van der Waals surface area contributed by atoms with Crippen LogP contribution in [-0.2, 0) is 97.5 Å². The molecule has 37 heteroatoms. The van der Waals surface area contributed by atoms with Gasteiger partial charge < -0.3 is 99.5 Å². The molecule has 0 radical (unpaired) electrons. The van der Waals surface area contributed by atoms with Crippen molar-refractivity contribution in [1.29, 1.82) is 0 Å². The van der Waals surface area contributed by atoms with Crippen LogP contribution in [0.2, 0.25) is 0 Å². The number of pyridine rings is 1. The molecule has 0 spiro atoms. The summed E-state index contributed by atoms with van der Waals surface area (Å²) in [6.07, 6.45) is 19.9. The number of allylic oxidation sites excluding steroid dienone is 6. The monoisotopic (exact) mass is 1840 g/mol. The highest BCUT2D eigenvalue weighted by molar-refractivity contribution is 6.38. The number of fused-ring (bicyclic) bond motifs is 6. The Labute approximate surface area is 774 Å². The zero-order chi connectivity index (χ0) is 94.0. The van der Waals surface area contributed by atoms with Crippen LogP contribution in [0.25, 0.3) is 33.3 Å². The molecule has 9 N–H and O–H groups in total. The average Bonchev–Trinajstić information content (AvgIpc) is 1.61. The number of methoxy groups -OCH3 is 2. The van der Waals surface area contributed by atoms with Crippen molar-refractivity contribution < 1.29 is 91.2 Å². The second-order valence-corrected chi connectivity index (χ2v) is 35.4. The third kappa shape index (κ3) is 27.0. The summed E-state index contributed by atoms with van der Waals surface area (Å²) in [5.74, 6) is -3.80. The molecule has 13 rings (SSSR count). The first-order valence-electron chi connectivity index (χ1n) is 46.5. The molecule has 1 saturated carbocycles. The first-order chi connectivity index (χ1) is 64.4. The molecule has 716 valence electrons. The predicted octanol–water partition coefficient (Wildman–Crippen LogP) is 8.22. The van der Waals surface area contributed by atoms with Gasteiger partial charge >= 0.3 is 12.1 Å². The number of hydrogen-bond acceptors (Lipinski definition) is 31. The van der Waals surface area contributed by atoms with Crippen LogP contribution in [0.5, 0.6) is 0 Å². The third-order valence-corrected chi connectivity index (χ3v) is 25.8. The summed E-state index contributed by atoms with van der Waals surface area (Å²) < 4.78 is 55.0. The maximum absolute atomic E-state index is 14.6. The predicted molar refractivity (Wildman–Crippen MR) is 494 cm³/mol. The van der Waals surface area contributed by atoms with Crippen LogP contribution in [0.3, 0.4) is 0 Å². The molecular formula is C96H128N18O19. The van der Waals surface area contributed by atoms with E-state index in [2.05, 4.69) is 68.7 Å². The molecule has 5 aliphatic heterocycles. The summed E-state index contributed by atoms with van der Waals surface area (Å²) in [4.78, 5) is 152. The highest BCUT2D eigenvalue weighted by Crippen LogP contribution is 2.37. The fraction of sp³-hybridized carbons (Fsp3) is 0.562. The van der Waals surface area contributed by atoms with E-state index in [-0.39, 0.29) is 111 Å². The number of ether oxygens (including phenoxy) is 9. The van der Waals surface area contributed by atoms with E-state index in [4.69, 9.17) is 59.2 Å². The molecule has 37 nitrogen and oxygen atoms in total. The van der Waals surface area contributed by atoms with Crippen molar-refractivity contribution in [3.63, 3.8) is 0 Å². The number of alkyl carbamates (subject to hydrolysis) is 1. The number of aromatic amines is 1. The lowest BCUT2D eigenvalue weighted by atomic mass is 9.81. The number of nitrogen functional groups attached to an aromatic ring is 2. The van der Waals surface area contributed by atoms with E-state index < -0.39 is 89.9 Å². The quantitative estimate of drug-likeness (QED) is 0.0100. The van der Waals surface area contributed by atoms with Crippen LogP contribution in [0.15, 0.2) is 115 Å². The van der Waals surface area contributed by atoms with Crippen LogP contribution in [0.4, 0.5) is 28.3 Å². The number of esters is 1. The number of cyclic esters (lactones) is 1. The van der Waals surface area contributed by atoms with Crippen LogP contribution in [-0.4, -0.2) is 285 Å². The number of Topliss-reactive ketones (excluding diaryl/α,β-unsaturated/α-hetero) is 3. The number of nitrogens with one attached hydrogen (secondary N) is 3. The molecular weight excluding hydrogens is 1710 g/mol. The van der Waals surface area contributed by atoms with Crippen molar-refractivity contribution in [2.45, 2.75) is 212 Å². The fourth-order valence-electron chi connectivity index (χ4n) is 18.1. The number of benzene rings is 1. The minimum Gasteiger partial charge on any atom is -0.460 e. The van der Waals surface area contributed by atoms with Crippen molar-refractivity contribution in [1.82, 2.24) is 70.1 Å². The van der Waals surface area contributed by atoms with Gasteiger partial charge in [-0.3, -0.25) is 28.8 Å². The van der Waals surface area contributed by atoms with E-state index in [1.807, 2.05) is 81.9 Å². The minimum atomic E-state index is -1.74. The van der Waals surface area contributed by atoms with Gasteiger partial charge in [-0.2, -0.15) is 10.1 Å². The topological polar surface area (TPSA) is 473 Å². The summed E-state index contributed by atoms with van der Waals surface area (Å²) in [5, 5.41) is 34.7. The number of hydrogen-bond donors (Lipinski definition) is 7. The number of nitrogens with zero attached hydrogens (tertiary/aromatic N) is 13. The molecule has 13 atom stereocenters. The maximum Gasteiger partial charge on any atom is 0.407 e. The largest absolute Gasteiger partial charge is 0.460 e. The summed E-state index contributed by atoms with van der Waals surface area (Å²) >= 11 is 0. The molecule has 133 heavy (non-hydrogen) atoms. The number of rotatable bonds is 29. The Morgan fingerprint density at radius 2 is 1.42 bits per heavy atom. The van der Waals surface area contributed by atoms with E-state index >= 15 is 0 Å². The maximum atomic E-state index is 14.6. The normalized spacial score (nSPS) is 24.9. The van der Waals surface area contributed by atoms with Gasteiger partial charge in [0.05, 0.1) is 95.1 Å². The number of aliphatic hydroxyl groups excluding tert-OH is 2. The van der Waals surface area contributed by atoms with E-state index in [0.29, 0.717) is 196 Å². The Kier molecular flexibility index (Phi) is 36.1. The highest BCUT2D eigenvalue weighted by atomic mass is 16.6. The van der Waals surface area contributed by atoms with Gasteiger partial charge in [0.2, 0.25) is 23.6 Å². The zero-order valence-electron chi connectivity index (χ0n) is 77.2. The molecule has 7 aromatic rings. The average molecular weight is 1840 g/mol. The van der Waals surface area contributed by atoms with Crippen LogP contribution >= 0.6 is 0 Å². The lowest BCUT2D eigenvalue weighted by molar-refractivity contribution is -0.167. The highest BCUT2D eigenvalue weighted by Gasteiger charge is 2.43. The molecule has 4 fully saturated rings. The number of nitrogens with two attached hydrogens (primary N) is 2. The standard InChI is InChI=1S/C96H128N18O19/c1-59-14-9-8-10-15-60(2)78(125-6)50-71-16-13-18-77(131-71)85(119)92(122)113-30-12-11-17-74(113)93(123)132-72(49-75(115)61(3)45-63(5)84(118)86(120)83(117)62(4)44-59)23-20-64-21-24-76(79(47-64)126-7)133-96(124)105-53-66-51-102-94(103-52-66)110-32-34-111(35-33-110)95-104-55-73(87(97)108-95)91(121)100-29-37-128-39-41-130-43-42-129-40-38-127-36-27-80(116)112-31-26-67-46-65(19-22-69(67)57-112)56-114-90-81(88(98)106-58-107-90)82(109-114)70-48-68-25-28-99-89(68)101-54-70/h8-10,14-15,19,22,25,28,45-46,48,51-52,54-55,58-59,61-62,64,71-72,74,76-79,84,86,118,120H,11-13,16-18,20-21,23-24,26-27,29-44,47,49-50,53,56-57H2,1-7H3,(H,99,101)(H,100,121)(H,105,124)(H2,97,104,108)(H2,98,106,107)/b10-8?,14-9+,60-15?,63-45+/t59-,61-,62-,64-,71?,72-,74+,76-,77?,78+,79-,84-,86+/m1/s1. The number of anilines is 4. The molecule has 2 bridgehead atoms. The first-order valence-corrected chi connectivity index (χ1v) is 46.5. The van der Waals surface area contributed by atoms with E-state index in [0.717, 1.165) is 39.7 Å². The van der Waals surface area contributed by atoms with E-state index in [9.17, 15) is 48.6 Å². The van der Waals surface area contributed by atoms with Crippen molar-refractivity contribution in [2.24, 2.45) is 23.7 Å². The number of amides is 4. The van der Waals surface area contributed by atoms with Crippen molar-refractivity contribution in [3.05, 3.63) is 143 Å². The van der Waals surface area contributed by atoms with Gasteiger partial charge in [0.25, 0.3) is 11.8 Å². The van der Waals surface area contributed by atoms with E-state index in [1.54, 1.807) is 53.6 Å². The molecule has 1 aliphatic carbocycles. The number of piperidine rings is 1. The molecule has 3 saturated heterocycles. The number of piperazine rings is 1. The Balaban J connectivity index is 0.485. The Morgan fingerprint density at radius 3 is 2.17 bits per heavy atom. The van der Waals surface area contributed by atoms with Gasteiger partial charge in [-0.25, -0.2) is 44.2 Å². The number of aliphatic hydroxyl groups is 2. The molecule has 4 amide bonds. The summed E-state index contributed by atoms with van der Waals surface area (Å²) in [5.41, 5.74) is 20.9.